The van der Waals surface area contributed by atoms with Crippen molar-refractivity contribution >= 4 is 0 Å². The van der Waals surface area contributed by atoms with Crippen LogP contribution in [0, 0.1) is 0 Å². The lowest BCUT2D eigenvalue weighted by Crippen LogP contribution is -2.02. The van der Waals surface area contributed by atoms with Gasteiger partial charge in [-0.25, -0.2) is 10.1 Å². The monoisotopic (exact) mass is 154 g/mol. The van der Waals surface area contributed by atoms with Gasteiger partial charge in [-0.05, 0) is 0 Å². The third-order valence-corrected chi connectivity index (χ3v) is 1.38. The fourth-order valence-electron chi connectivity index (χ4n) is 0.850. The number of hydrogen-bond acceptors (Lipinski definition) is 3. The van der Waals surface area contributed by atoms with Gasteiger partial charge in [0.15, 0.2) is 0 Å². The summed E-state index contributed by atoms with van der Waals surface area (Å²) >= 11 is 0. The Morgan fingerprint density at radius 1 is 1.27 bits per heavy atom. The molecule has 1 N–H and O–H groups in total. The van der Waals surface area contributed by atoms with Gasteiger partial charge < -0.3 is 4.74 Å². The third-order valence-electron chi connectivity index (χ3n) is 1.38. The quantitative estimate of drug-likeness (QED) is 0.410. The molecule has 0 saturated carbocycles. The zero-order chi connectivity index (χ0) is 8.10. The molecule has 1 unspecified atom stereocenters. The fourth-order valence-corrected chi connectivity index (χ4v) is 0.850. The number of hydrogen-bond donors (Lipinski definition) is 1. The van der Waals surface area contributed by atoms with Crippen molar-refractivity contribution in [3.05, 3.63) is 35.9 Å². The molecule has 0 heterocycles. The predicted molar refractivity (Wildman–Crippen MR) is 39.9 cm³/mol. The van der Waals surface area contributed by atoms with Crippen LogP contribution in [0.5, 0.6) is 0 Å². The number of benzene rings is 1. The highest BCUT2D eigenvalue weighted by Gasteiger charge is 2.07. The summed E-state index contributed by atoms with van der Waals surface area (Å²) in [6.45, 7) is 0. The van der Waals surface area contributed by atoms with Crippen LogP contribution in [0.2, 0.25) is 0 Å². The molecular weight excluding hydrogens is 144 g/mol. The van der Waals surface area contributed by atoms with Crippen LogP contribution < -0.4 is 0 Å². The Morgan fingerprint density at radius 3 is 2.36 bits per heavy atom. The molecule has 3 nitrogen and oxygen atoms in total. The first kappa shape index (κ1) is 8.20. The van der Waals surface area contributed by atoms with Crippen LogP contribution in [0.3, 0.4) is 0 Å². The molecule has 60 valence electrons. The van der Waals surface area contributed by atoms with E-state index in [1.165, 1.54) is 7.11 Å². The Balaban J connectivity index is 2.74. The van der Waals surface area contributed by atoms with Crippen LogP contribution in [-0.4, -0.2) is 12.4 Å². The standard InChI is InChI=1S/C8H10O3/c1-10-8(11-9)7-5-3-2-4-6-7/h2-6,8-9H,1H3. The third kappa shape index (κ3) is 2.01. The maximum Gasteiger partial charge on any atom is 0.216 e. The Kier molecular flexibility index (Phi) is 3.04. The van der Waals surface area contributed by atoms with Crippen molar-refractivity contribution in [1.82, 2.24) is 0 Å². The van der Waals surface area contributed by atoms with Gasteiger partial charge in [0.25, 0.3) is 0 Å². The average molecular weight is 154 g/mol. The van der Waals surface area contributed by atoms with Gasteiger partial charge in [-0.1, -0.05) is 30.3 Å². The van der Waals surface area contributed by atoms with Crippen LogP contribution in [0.15, 0.2) is 30.3 Å². The van der Waals surface area contributed by atoms with Gasteiger partial charge in [0.05, 0.1) is 0 Å². The summed E-state index contributed by atoms with van der Waals surface area (Å²) in [4.78, 5) is 4.06. The van der Waals surface area contributed by atoms with Crippen LogP contribution in [0.1, 0.15) is 11.9 Å². The first-order valence-corrected chi connectivity index (χ1v) is 3.26. The molecule has 0 amide bonds. The topological polar surface area (TPSA) is 38.7 Å². The molecule has 1 aromatic rings. The Morgan fingerprint density at radius 2 is 1.91 bits per heavy atom. The highest BCUT2D eigenvalue weighted by atomic mass is 17.1. The second-order valence-electron chi connectivity index (χ2n) is 2.08. The molecule has 1 rings (SSSR count). The van der Waals surface area contributed by atoms with Gasteiger partial charge in [0, 0.05) is 12.7 Å². The molecule has 0 aliphatic carbocycles. The van der Waals surface area contributed by atoms with Crippen LogP contribution in [0.4, 0.5) is 0 Å². The Bertz CT molecular complexity index is 194. The maximum atomic E-state index is 8.35. The van der Waals surface area contributed by atoms with E-state index in [-0.39, 0.29) is 0 Å². The smallest absolute Gasteiger partial charge is 0.216 e. The van der Waals surface area contributed by atoms with Crippen LogP contribution in [0.25, 0.3) is 0 Å². The van der Waals surface area contributed by atoms with Crippen LogP contribution in [-0.2, 0) is 9.62 Å². The van der Waals surface area contributed by atoms with E-state index in [1.54, 1.807) is 0 Å². The van der Waals surface area contributed by atoms with E-state index in [9.17, 15) is 0 Å². The first-order valence-electron chi connectivity index (χ1n) is 3.26. The molecular formula is C8H10O3. The average Bonchev–Trinajstić information content (AvgIpc) is 2.09. The van der Waals surface area contributed by atoms with E-state index < -0.39 is 6.29 Å². The predicted octanol–water partition coefficient (Wildman–Crippen LogP) is 1.82. The van der Waals surface area contributed by atoms with Crippen molar-refractivity contribution in [3.63, 3.8) is 0 Å². The molecule has 0 radical (unpaired) electrons. The summed E-state index contributed by atoms with van der Waals surface area (Å²) in [5, 5.41) is 8.35. The van der Waals surface area contributed by atoms with Crippen LogP contribution >= 0.6 is 0 Å². The number of methoxy groups -OCH3 is 1. The van der Waals surface area contributed by atoms with Crippen molar-refractivity contribution in [2.75, 3.05) is 7.11 Å². The first-order chi connectivity index (χ1) is 5.38. The van der Waals surface area contributed by atoms with Crippen molar-refractivity contribution in [1.29, 1.82) is 0 Å². The second kappa shape index (κ2) is 4.08. The molecule has 0 bridgehead atoms. The number of rotatable bonds is 3. The Labute approximate surface area is 65.1 Å². The zero-order valence-electron chi connectivity index (χ0n) is 6.23. The lowest BCUT2D eigenvalue weighted by Gasteiger charge is -2.10. The summed E-state index contributed by atoms with van der Waals surface area (Å²) in [5.74, 6) is 0. The SMILES string of the molecule is COC(OO)c1ccccc1. The molecule has 0 aliphatic rings. The summed E-state index contributed by atoms with van der Waals surface area (Å²) < 4.78 is 4.81. The lowest BCUT2D eigenvalue weighted by molar-refractivity contribution is -0.345. The molecule has 3 heteroatoms. The van der Waals surface area contributed by atoms with E-state index in [4.69, 9.17) is 9.99 Å². The molecule has 0 aromatic heterocycles. The van der Waals surface area contributed by atoms with Crippen molar-refractivity contribution in [2.24, 2.45) is 0 Å². The molecule has 1 aromatic carbocycles. The zero-order valence-corrected chi connectivity index (χ0v) is 6.23. The molecule has 0 fully saturated rings. The van der Waals surface area contributed by atoms with Crippen molar-refractivity contribution in [2.45, 2.75) is 6.29 Å². The molecule has 1 atom stereocenters. The summed E-state index contributed by atoms with van der Waals surface area (Å²) in [6, 6.07) is 9.20. The van der Waals surface area contributed by atoms with E-state index >= 15 is 0 Å². The summed E-state index contributed by atoms with van der Waals surface area (Å²) in [5.41, 5.74) is 0.789. The summed E-state index contributed by atoms with van der Waals surface area (Å²) in [7, 11) is 1.47. The van der Waals surface area contributed by atoms with Crippen molar-refractivity contribution in [3.8, 4) is 0 Å². The van der Waals surface area contributed by atoms with Crippen molar-refractivity contribution < 1.29 is 14.9 Å². The van der Waals surface area contributed by atoms with E-state index in [0.717, 1.165) is 5.56 Å². The molecule has 11 heavy (non-hydrogen) atoms. The van der Waals surface area contributed by atoms with Gasteiger partial charge in [0.2, 0.25) is 6.29 Å². The fraction of sp³-hybridized carbons (Fsp3) is 0.250. The molecule has 0 spiro atoms. The molecule has 0 aliphatic heterocycles. The second-order valence-corrected chi connectivity index (χ2v) is 2.08. The van der Waals surface area contributed by atoms with E-state index in [0.29, 0.717) is 0 Å². The van der Waals surface area contributed by atoms with Gasteiger partial charge >= 0.3 is 0 Å². The van der Waals surface area contributed by atoms with E-state index in [1.807, 2.05) is 30.3 Å². The molecule has 0 saturated heterocycles. The maximum absolute atomic E-state index is 8.35. The normalized spacial score (nSPS) is 12.9. The minimum atomic E-state index is -0.684. The van der Waals surface area contributed by atoms with Gasteiger partial charge in [-0.2, -0.15) is 0 Å². The largest absolute Gasteiger partial charge is 0.349 e. The van der Waals surface area contributed by atoms with Gasteiger partial charge in [-0.15, -0.1) is 0 Å². The van der Waals surface area contributed by atoms with E-state index in [2.05, 4.69) is 4.89 Å². The van der Waals surface area contributed by atoms with Gasteiger partial charge in [-0.3, -0.25) is 0 Å². The number of ether oxygens (including phenoxy) is 1. The lowest BCUT2D eigenvalue weighted by atomic mass is 10.2. The highest BCUT2D eigenvalue weighted by Crippen LogP contribution is 2.15. The minimum absolute atomic E-state index is 0.684. The minimum Gasteiger partial charge on any atom is -0.349 e. The summed E-state index contributed by atoms with van der Waals surface area (Å²) in [6.07, 6.45) is -0.684. The Hall–Kier alpha value is -0.900. The highest BCUT2D eigenvalue weighted by molar-refractivity contribution is 5.15. The van der Waals surface area contributed by atoms with Gasteiger partial charge in [0.1, 0.15) is 0 Å².